The van der Waals surface area contributed by atoms with E-state index in [9.17, 15) is 0 Å². The Kier molecular flexibility index (Phi) is 9.39. The van der Waals surface area contributed by atoms with Crippen LogP contribution in [0.15, 0.2) is 303 Å². The lowest BCUT2D eigenvalue weighted by atomic mass is 9.65. The van der Waals surface area contributed by atoms with Crippen molar-refractivity contribution in [2.75, 3.05) is 4.90 Å². The van der Waals surface area contributed by atoms with E-state index in [0.717, 1.165) is 28.2 Å². The molecule has 1 aliphatic heterocycles. The molecule has 380 valence electrons. The molecule has 2 heteroatoms. The molecule has 3 aliphatic carbocycles. The van der Waals surface area contributed by atoms with Crippen molar-refractivity contribution in [3.05, 3.63) is 348 Å². The lowest BCUT2D eigenvalue weighted by molar-refractivity contribution is 0.748. The van der Waals surface area contributed by atoms with Crippen molar-refractivity contribution in [2.45, 2.75) is 10.8 Å². The van der Waals surface area contributed by atoms with Crippen LogP contribution < -0.4 is 4.90 Å². The molecule has 0 bridgehead atoms. The summed E-state index contributed by atoms with van der Waals surface area (Å²) in [6.07, 6.45) is 0. The fraction of sp³-hybridized carbons (Fsp3) is 0.0250. The average molecular weight is 1040 g/mol. The number of hydrogen-bond acceptors (Lipinski definition) is 1. The molecule has 2 spiro atoms. The standard InChI is InChI=1S/C80H50N2/c1-2-21-51(22-3-1)52-43-45-53(46-44-52)56-23-8-15-39-72(56)81(75-42-20-37-70-77(75)63-28-7-13-34-67(63)79(70)64-31-10-4-24-58(64)59-25-5-11-32-65(59)79)55-49-47-54(48-50-55)57-29-18-36-69-76(57)62-27-6-12-33-66(62)80(69)68-35-14-17-41-74(68)82-73-40-16-9-26-60(73)61-30-19-38-71(80)78(61)82/h1-50H. The first-order chi connectivity index (χ1) is 40.7. The average Bonchev–Trinajstić information content (AvgIpc) is 2.77. The SMILES string of the molecule is c1ccc(-c2ccc(-c3ccccc3N(c3ccc(-c4cccc5c4-c4ccccc4C54c5ccccc5-n5c6ccccc6c6cccc4c65)cc3)c3cccc4c3-c3ccccc3C43c4ccccc4-c4ccccc43)cc2)cc1. The Morgan fingerprint density at radius 1 is 0.244 bits per heavy atom. The van der Waals surface area contributed by atoms with Crippen LogP contribution in [-0.4, -0.2) is 4.57 Å². The summed E-state index contributed by atoms with van der Waals surface area (Å²) < 4.78 is 2.53. The van der Waals surface area contributed by atoms with E-state index in [1.165, 1.54) is 128 Å². The van der Waals surface area contributed by atoms with Crippen LogP contribution in [-0.2, 0) is 10.8 Å². The Hall–Kier alpha value is -10.5. The molecule has 0 N–H and O–H groups in total. The van der Waals surface area contributed by atoms with Gasteiger partial charge in [-0.2, -0.15) is 0 Å². The Morgan fingerprint density at radius 3 is 1.39 bits per heavy atom. The molecule has 0 amide bonds. The molecule has 82 heavy (non-hydrogen) atoms. The Balaban J connectivity index is 0.852. The molecule has 2 heterocycles. The second-order valence-electron chi connectivity index (χ2n) is 22.5. The summed E-state index contributed by atoms with van der Waals surface area (Å²) in [6.45, 7) is 0. The van der Waals surface area contributed by atoms with Crippen LogP contribution in [0.4, 0.5) is 17.1 Å². The monoisotopic (exact) mass is 1040 g/mol. The summed E-state index contributed by atoms with van der Waals surface area (Å²) in [4.78, 5) is 2.55. The Labute approximate surface area is 476 Å². The third-order valence-corrected chi connectivity index (χ3v) is 18.8. The molecule has 1 aromatic heterocycles. The predicted molar refractivity (Wildman–Crippen MR) is 339 cm³/mol. The summed E-state index contributed by atoms with van der Waals surface area (Å²) in [5.41, 5.74) is 31.5. The zero-order valence-corrected chi connectivity index (χ0v) is 44.8. The van der Waals surface area contributed by atoms with Crippen molar-refractivity contribution in [3.8, 4) is 72.4 Å². The first-order valence-electron chi connectivity index (χ1n) is 28.7. The molecule has 0 fully saturated rings. The molecule has 18 rings (SSSR count). The van der Waals surface area contributed by atoms with Gasteiger partial charge in [0.25, 0.3) is 0 Å². The van der Waals surface area contributed by atoms with E-state index in [2.05, 4.69) is 313 Å². The van der Waals surface area contributed by atoms with Gasteiger partial charge in [-0.1, -0.05) is 267 Å². The second kappa shape index (κ2) is 17.0. The Bertz CT molecular complexity index is 4940. The highest BCUT2D eigenvalue weighted by molar-refractivity contribution is 6.13. The highest BCUT2D eigenvalue weighted by Crippen LogP contribution is 2.66. The summed E-state index contributed by atoms with van der Waals surface area (Å²) >= 11 is 0. The molecular weight excluding hydrogens is 989 g/mol. The van der Waals surface area contributed by atoms with Crippen LogP contribution in [0, 0.1) is 0 Å². The molecule has 1 unspecified atom stereocenters. The minimum Gasteiger partial charge on any atom is -0.309 e. The molecule has 4 aliphatic rings. The van der Waals surface area contributed by atoms with E-state index in [4.69, 9.17) is 0 Å². The van der Waals surface area contributed by atoms with Crippen LogP contribution >= 0.6 is 0 Å². The van der Waals surface area contributed by atoms with Gasteiger partial charge in [0.05, 0.1) is 38.9 Å². The summed E-state index contributed by atoms with van der Waals surface area (Å²) in [5.74, 6) is 0. The molecule has 0 saturated carbocycles. The van der Waals surface area contributed by atoms with Gasteiger partial charge >= 0.3 is 0 Å². The van der Waals surface area contributed by atoms with E-state index in [1.54, 1.807) is 0 Å². The highest BCUT2D eigenvalue weighted by Gasteiger charge is 2.53. The summed E-state index contributed by atoms with van der Waals surface area (Å²) in [6, 6.07) is 114. The molecule has 0 radical (unpaired) electrons. The van der Waals surface area contributed by atoms with E-state index in [0.29, 0.717) is 0 Å². The number of rotatable bonds is 6. The number of hydrogen-bond donors (Lipinski definition) is 0. The topological polar surface area (TPSA) is 8.17 Å². The molecule has 2 nitrogen and oxygen atoms in total. The first-order valence-corrected chi connectivity index (χ1v) is 28.7. The van der Waals surface area contributed by atoms with Crippen molar-refractivity contribution in [2.24, 2.45) is 0 Å². The Morgan fingerprint density at radius 2 is 0.671 bits per heavy atom. The minimum atomic E-state index is -0.538. The highest BCUT2D eigenvalue weighted by atomic mass is 15.1. The van der Waals surface area contributed by atoms with Crippen molar-refractivity contribution in [3.63, 3.8) is 0 Å². The van der Waals surface area contributed by atoms with Gasteiger partial charge in [0, 0.05) is 27.6 Å². The van der Waals surface area contributed by atoms with Gasteiger partial charge in [-0.15, -0.1) is 0 Å². The van der Waals surface area contributed by atoms with Crippen molar-refractivity contribution in [1.82, 2.24) is 4.57 Å². The van der Waals surface area contributed by atoms with Gasteiger partial charge in [-0.25, -0.2) is 0 Å². The van der Waals surface area contributed by atoms with Gasteiger partial charge in [0.15, 0.2) is 0 Å². The third-order valence-electron chi connectivity index (χ3n) is 18.8. The van der Waals surface area contributed by atoms with Crippen molar-refractivity contribution < 1.29 is 0 Å². The summed E-state index contributed by atoms with van der Waals surface area (Å²) in [7, 11) is 0. The van der Waals surface area contributed by atoms with E-state index in [1.807, 2.05) is 0 Å². The van der Waals surface area contributed by atoms with Gasteiger partial charge in [-0.3, -0.25) is 0 Å². The molecule has 1 atom stereocenters. The molecule has 0 saturated heterocycles. The fourth-order valence-corrected chi connectivity index (χ4v) is 15.7. The first kappa shape index (κ1) is 45.3. The predicted octanol–water partition coefficient (Wildman–Crippen LogP) is 20.3. The quantitative estimate of drug-likeness (QED) is 0.161. The normalized spacial score (nSPS) is 15.0. The van der Waals surface area contributed by atoms with Crippen molar-refractivity contribution in [1.29, 1.82) is 0 Å². The van der Waals surface area contributed by atoms with Gasteiger partial charge in [-0.05, 0) is 137 Å². The zero-order valence-electron chi connectivity index (χ0n) is 44.8. The van der Waals surface area contributed by atoms with Crippen LogP contribution in [0.2, 0.25) is 0 Å². The summed E-state index contributed by atoms with van der Waals surface area (Å²) in [5, 5.41) is 2.57. The molecular formula is C80H50N2. The van der Waals surface area contributed by atoms with Gasteiger partial charge in [0.2, 0.25) is 0 Å². The van der Waals surface area contributed by atoms with E-state index < -0.39 is 10.8 Å². The number of fused-ring (bicyclic) bond motifs is 22. The van der Waals surface area contributed by atoms with Crippen LogP contribution in [0.3, 0.4) is 0 Å². The number of aromatic nitrogens is 1. The van der Waals surface area contributed by atoms with Gasteiger partial charge in [0.1, 0.15) is 0 Å². The third kappa shape index (κ3) is 5.82. The zero-order chi connectivity index (χ0) is 53.7. The van der Waals surface area contributed by atoms with Crippen molar-refractivity contribution >= 4 is 38.9 Å². The number of nitrogens with zero attached hydrogens (tertiary/aromatic N) is 2. The molecule has 13 aromatic carbocycles. The lowest BCUT2D eigenvalue weighted by Crippen LogP contribution is -2.33. The lowest BCUT2D eigenvalue weighted by Gasteiger charge is -2.39. The maximum atomic E-state index is 2.55. The number of anilines is 3. The maximum Gasteiger partial charge on any atom is 0.0754 e. The number of benzene rings is 13. The molecule has 14 aromatic rings. The van der Waals surface area contributed by atoms with E-state index in [-0.39, 0.29) is 0 Å². The smallest absolute Gasteiger partial charge is 0.0754 e. The maximum absolute atomic E-state index is 2.55. The number of para-hydroxylation sites is 4. The van der Waals surface area contributed by atoms with Crippen LogP contribution in [0.25, 0.3) is 94.3 Å². The fourth-order valence-electron chi connectivity index (χ4n) is 15.7. The van der Waals surface area contributed by atoms with E-state index >= 15 is 0 Å². The van der Waals surface area contributed by atoms with Gasteiger partial charge < -0.3 is 9.47 Å². The largest absolute Gasteiger partial charge is 0.309 e. The second-order valence-corrected chi connectivity index (χ2v) is 22.5. The van der Waals surface area contributed by atoms with Crippen LogP contribution in [0.5, 0.6) is 0 Å². The van der Waals surface area contributed by atoms with Crippen LogP contribution in [0.1, 0.15) is 44.5 Å². The minimum absolute atomic E-state index is 0.486.